The summed E-state index contributed by atoms with van der Waals surface area (Å²) in [4.78, 5) is 2.32. The summed E-state index contributed by atoms with van der Waals surface area (Å²) in [5, 5.41) is 12.6. The second kappa shape index (κ2) is 6.68. The van der Waals surface area contributed by atoms with E-state index in [4.69, 9.17) is 5.73 Å². The molecule has 1 heterocycles. The van der Waals surface area contributed by atoms with Crippen LogP contribution in [0.1, 0.15) is 19.3 Å². The molecule has 0 spiro atoms. The van der Waals surface area contributed by atoms with Gasteiger partial charge in [0.1, 0.15) is 0 Å². The van der Waals surface area contributed by atoms with Gasteiger partial charge in [-0.15, -0.1) is 0 Å². The second-order valence-electron chi connectivity index (χ2n) is 3.78. The standard InChI is InChI=1S/C10H21N3O/c11-4-5-12-8-10(14)9-13-6-2-1-3-7-13/h4-5,10,12,14H,1-3,6-9,11H2/b5-4-. The fraction of sp³-hybridized carbons (Fsp3) is 0.800. The Morgan fingerprint density at radius 1 is 1.36 bits per heavy atom. The summed E-state index contributed by atoms with van der Waals surface area (Å²) < 4.78 is 0. The summed E-state index contributed by atoms with van der Waals surface area (Å²) in [7, 11) is 0. The largest absolute Gasteiger partial charge is 0.403 e. The van der Waals surface area contributed by atoms with E-state index in [1.165, 1.54) is 25.5 Å². The molecule has 0 saturated carbocycles. The lowest BCUT2D eigenvalue weighted by molar-refractivity contribution is 0.103. The van der Waals surface area contributed by atoms with Gasteiger partial charge in [-0.05, 0) is 25.9 Å². The van der Waals surface area contributed by atoms with E-state index in [0.717, 1.165) is 19.6 Å². The molecule has 1 aliphatic heterocycles. The van der Waals surface area contributed by atoms with Crippen LogP contribution in [0.2, 0.25) is 0 Å². The predicted octanol–water partition coefficient (Wildman–Crippen LogP) is -0.147. The molecule has 1 aliphatic rings. The average molecular weight is 199 g/mol. The number of piperidine rings is 1. The molecule has 0 aromatic rings. The third kappa shape index (κ3) is 4.48. The van der Waals surface area contributed by atoms with E-state index in [1.54, 1.807) is 6.20 Å². The van der Waals surface area contributed by atoms with Crippen molar-refractivity contribution in [1.29, 1.82) is 0 Å². The Bertz CT molecular complexity index is 167. The Kier molecular flexibility index (Phi) is 5.40. The van der Waals surface area contributed by atoms with Gasteiger partial charge >= 0.3 is 0 Å². The summed E-state index contributed by atoms with van der Waals surface area (Å²) in [5.41, 5.74) is 5.16. The molecule has 4 nitrogen and oxygen atoms in total. The minimum absolute atomic E-state index is 0.302. The van der Waals surface area contributed by atoms with Crippen molar-refractivity contribution in [3.8, 4) is 0 Å². The lowest BCUT2D eigenvalue weighted by Gasteiger charge is -2.28. The van der Waals surface area contributed by atoms with Crippen LogP contribution in [0.5, 0.6) is 0 Å². The number of rotatable bonds is 5. The fourth-order valence-electron chi connectivity index (χ4n) is 1.78. The quantitative estimate of drug-likeness (QED) is 0.576. The third-order valence-electron chi connectivity index (χ3n) is 2.49. The number of likely N-dealkylation sites (tertiary alicyclic amines) is 1. The van der Waals surface area contributed by atoms with Gasteiger partial charge in [-0.2, -0.15) is 0 Å². The molecule has 0 aromatic carbocycles. The molecular formula is C10H21N3O. The minimum Gasteiger partial charge on any atom is -0.403 e. The third-order valence-corrected chi connectivity index (χ3v) is 2.49. The maximum Gasteiger partial charge on any atom is 0.0838 e. The first kappa shape index (κ1) is 11.3. The Morgan fingerprint density at radius 3 is 2.71 bits per heavy atom. The molecule has 1 saturated heterocycles. The van der Waals surface area contributed by atoms with E-state index in [2.05, 4.69) is 10.2 Å². The van der Waals surface area contributed by atoms with Crippen LogP contribution in [0.3, 0.4) is 0 Å². The SMILES string of the molecule is N/C=C\NCC(O)CN1CCCCC1. The van der Waals surface area contributed by atoms with E-state index in [1.807, 2.05) is 0 Å². The molecule has 1 fully saturated rings. The normalized spacial score (nSPS) is 21.2. The first-order chi connectivity index (χ1) is 6.83. The molecule has 14 heavy (non-hydrogen) atoms. The lowest BCUT2D eigenvalue weighted by atomic mass is 10.1. The van der Waals surface area contributed by atoms with Crippen molar-refractivity contribution in [3.05, 3.63) is 12.4 Å². The van der Waals surface area contributed by atoms with E-state index in [0.29, 0.717) is 6.54 Å². The maximum atomic E-state index is 9.65. The van der Waals surface area contributed by atoms with Crippen LogP contribution in [-0.4, -0.2) is 42.3 Å². The summed E-state index contributed by atoms with van der Waals surface area (Å²) in [6.45, 7) is 3.60. The zero-order chi connectivity index (χ0) is 10.2. The van der Waals surface area contributed by atoms with Gasteiger partial charge < -0.3 is 21.1 Å². The van der Waals surface area contributed by atoms with Crippen molar-refractivity contribution in [3.63, 3.8) is 0 Å². The molecule has 1 rings (SSSR count). The van der Waals surface area contributed by atoms with Gasteiger partial charge in [0.05, 0.1) is 6.10 Å². The number of β-amino-alcohol motifs (C(OH)–C–C–N with tert-alkyl or cyclic N) is 1. The molecule has 1 unspecified atom stereocenters. The van der Waals surface area contributed by atoms with Gasteiger partial charge in [0.2, 0.25) is 0 Å². The van der Waals surface area contributed by atoms with Crippen LogP contribution in [0.25, 0.3) is 0 Å². The highest BCUT2D eigenvalue weighted by atomic mass is 16.3. The van der Waals surface area contributed by atoms with Crippen LogP contribution in [-0.2, 0) is 0 Å². The first-order valence-electron chi connectivity index (χ1n) is 5.33. The first-order valence-corrected chi connectivity index (χ1v) is 5.33. The van der Waals surface area contributed by atoms with Crippen molar-refractivity contribution in [2.24, 2.45) is 5.73 Å². The molecule has 0 bridgehead atoms. The minimum atomic E-state index is -0.302. The van der Waals surface area contributed by atoms with Crippen molar-refractivity contribution in [2.75, 3.05) is 26.2 Å². The summed E-state index contributed by atoms with van der Waals surface area (Å²) in [6, 6.07) is 0. The summed E-state index contributed by atoms with van der Waals surface area (Å²) >= 11 is 0. The van der Waals surface area contributed by atoms with Crippen LogP contribution in [0, 0.1) is 0 Å². The molecule has 0 aromatic heterocycles. The van der Waals surface area contributed by atoms with Gasteiger partial charge in [-0.3, -0.25) is 0 Å². The highest BCUT2D eigenvalue weighted by Gasteiger charge is 2.13. The number of nitrogens with two attached hydrogens (primary N) is 1. The van der Waals surface area contributed by atoms with E-state index in [9.17, 15) is 5.11 Å². The highest BCUT2D eigenvalue weighted by molar-refractivity contribution is 4.76. The number of aliphatic hydroxyl groups is 1. The van der Waals surface area contributed by atoms with Gasteiger partial charge in [0, 0.05) is 25.5 Å². The Balaban J connectivity index is 2.08. The Hall–Kier alpha value is -0.740. The Labute approximate surface area is 85.8 Å². The van der Waals surface area contributed by atoms with E-state index in [-0.39, 0.29) is 6.10 Å². The predicted molar refractivity (Wildman–Crippen MR) is 57.6 cm³/mol. The smallest absolute Gasteiger partial charge is 0.0838 e. The summed E-state index contributed by atoms with van der Waals surface area (Å²) in [5.74, 6) is 0. The number of nitrogens with zero attached hydrogens (tertiary/aromatic N) is 1. The zero-order valence-corrected chi connectivity index (χ0v) is 8.65. The molecular weight excluding hydrogens is 178 g/mol. The van der Waals surface area contributed by atoms with Crippen LogP contribution < -0.4 is 11.1 Å². The van der Waals surface area contributed by atoms with Crippen LogP contribution in [0.4, 0.5) is 0 Å². The number of aliphatic hydroxyl groups excluding tert-OH is 1. The van der Waals surface area contributed by atoms with Crippen LogP contribution in [0.15, 0.2) is 12.4 Å². The summed E-state index contributed by atoms with van der Waals surface area (Å²) in [6.07, 6.45) is 6.66. The van der Waals surface area contributed by atoms with Gasteiger partial charge in [-0.25, -0.2) is 0 Å². The molecule has 82 valence electrons. The van der Waals surface area contributed by atoms with Crippen LogP contribution >= 0.6 is 0 Å². The number of hydrogen-bond donors (Lipinski definition) is 3. The van der Waals surface area contributed by atoms with Crippen molar-refractivity contribution in [1.82, 2.24) is 10.2 Å². The Morgan fingerprint density at radius 2 is 2.07 bits per heavy atom. The number of nitrogens with one attached hydrogen (secondary N) is 1. The molecule has 0 aliphatic carbocycles. The fourth-order valence-corrected chi connectivity index (χ4v) is 1.78. The highest BCUT2D eigenvalue weighted by Crippen LogP contribution is 2.08. The topological polar surface area (TPSA) is 61.5 Å². The lowest BCUT2D eigenvalue weighted by Crippen LogP contribution is -2.39. The monoisotopic (exact) mass is 199 g/mol. The zero-order valence-electron chi connectivity index (χ0n) is 8.65. The average Bonchev–Trinajstić information content (AvgIpc) is 2.20. The van der Waals surface area contributed by atoms with Gasteiger partial charge in [0.15, 0.2) is 0 Å². The van der Waals surface area contributed by atoms with Crippen molar-refractivity contribution in [2.45, 2.75) is 25.4 Å². The number of hydrogen-bond acceptors (Lipinski definition) is 4. The van der Waals surface area contributed by atoms with Crippen molar-refractivity contribution >= 4 is 0 Å². The van der Waals surface area contributed by atoms with Crippen molar-refractivity contribution < 1.29 is 5.11 Å². The van der Waals surface area contributed by atoms with E-state index < -0.39 is 0 Å². The molecule has 1 atom stereocenters. The van der Waals surface area contributed by atoms with Gasteiger partial charge in [-0.1, -0.05) is 6.42 Å². The van der Waals surface area contributed by atoms with Gasteiger partial charge in [0.25, 0.3) is 0 Å². The molecule has 0 radical (unpaired) electrons. The van der Waals surface area contributed by atoms with E-state index >= 15 is 0 Å². The second-order valence-corrected chi connectivity index (χ2v) is 3.78. The molecule has 4 N–H and O–H groups in total. The molecule has 0 amide bonds. The molecule has 4 heteroatoms. The maximum absolute atomic E-state index is 9.65.